The van der Waals surface area contributed by atoms with E-state index in [1.54, 1.807) is 20.8 Å². The molecule has 6 heteroatoms. The lowest BCUT2D eigenvalue weighted by molar-refractivity contribution is 0.0505. The van der Waals surface area contributed by atoms with Gasteiger partial charge in [0, 0.05) is 6.54 Å². The first-order valence-electron chi connectivity index (χ1n) is 6.34. The van der Waals surface area contributed by atoms with Crippen molar-refractivity contribution in [1.29, 1.82) is 0 Å². The van der Waals surface area contributed by atoms with E-state index in [1.807, 2.05) is 31.2 Å². The number of rotatable bonds is 2. The van der Waals surface area contributed by atoms with Gasteiger partial charge in [-0.05, 0) is 33.3 Å². The predicted molar refractivity (Wildman–Crippen MR) is 75.9 cm³/mol. The highest BCUT2D eigenvalue weighted by molar-refractivity contribution is 5.77. The molecule has 6 nitrogen and oxygen atoms in total. The first-order chi connectivity index (χ1) is 9.26. The van der Waals surface area contributed by atoms with Crippen LogP contribution in [0.25, 0.3) is 0 Å². The first kappa shape index (κ1) is 15.8. The van der Waals surface area contributed by atoms with Gasteiger partial charge in [-0.2, -0.15) is 0 Å². The maximum Gasteiger partial charge on any atom is 0.426 e. The molecule has 1 aromatic rings. The Kier molecular flexibility index (Phi) is 5.37. The molecule has 0 unspecified atom stereocenters. The van der Waals surface area contributed by atoms with Gasteiger partial charge < -0.3 is 10.1 Å². The minimum atomic E-state index is -0.706. The molecule has 3 N–H and O–H groups in total. The average Bonchev–Trinajstić information content (AvgIpc) is 2.33. The summed E-state index contributed by atoms with van der Waals surface area (Å²) in [4.78, 5) is 22.8. The Balaban J connectivity index is 2.27. The molecule has 0 aromatic heterocycles. The smallest absolute Gasteiger partial charge is 0.426 e. The highest BCUT2D eigenvalue weighted by atomic mass is 16.6. The molecule has 110 valence electrons. The number of benzene rings is 1. The molecule has 20 heavy (non-hydrogen) atoms. The normalized spacial score (nSPS) is 10.6. The molecule has 0 aliphatic heterocycles. The Morgan fingerprint density at radius 3 is 2.25 bits per heavy atom. The van der Waals surface area contributed by atoms with E-state index in [9.17, 15) is 9.59 Å². The van der Waals surface area contributed by atoms with E-state index < -0.39 is 17.7 Å². The Morgan fingerprint density at radius 1 is 1.10 bits per heavy atom. The van der Waals surface area contributed by atoms with Gasteiger partial charge in [0.2, 0.25) is 0 Å². The standard InChI is InChI=1S/C14H21N3O3/c1-10-5-7-11(8-6-10)9-15-12(18)16-17-13(19)20-14(2,3)4/h5-8H,9H2,1-4H3,(H,17,19)(H2,15,16,18). The van der Waals surface area contributed by atoms with Crippen LogP contribution in [0.1, 0.15) is 31.9 Å². The number of amides is 3. The minimum absolute atomic E-state index is 0.377. The van der Waals surface area contributed by atoms with Crippen molar-refractivity contribution >= 4 is 12.1 Å². The molecule has 0 bridgehead atoms. The summed E-state index contributed by atoms with van der Waals surface area (Å²) in [6, 6.07) is 7.28. The number of urea groups is 1. The number of hydrogen-bond donors (Lipinski definition) is 3. The fourth-order valence-corrected chi connectivity index (χ4v) is 1.34. The van der Waals surface area contributed by atoms with Gasteiger partial charge >= 0.3 is 12.1 Å². The second kappa shape index (κ2) is 6.79. The van der Waals surface area contributed by atoms with Crippen LogP contribution in [0.15, 0.2) is 24.3 Å². The van der Waals surface area contributed by atoms with Crippen molar-refractivity contribution in [3.63, 3.8) is 0 Å². The zero-order chi connectivity index (χ0) is 15.2. The van der Waals surface area contributed by atoms with Crippen molar-refractivity contribution in [2.24, 2.45) is 0 Å². The van der Waals surface area contributed by atoms with E-state index in [0.29, 0.717) is 6.54 Å². The lowest BCUT2D eigenvalue weighted by atomic mass is 10.1. The lowest BCUT2D eigenvalue weighted by Gasteiger charge is -2.19. The third-order valence-electron chi connectivity index (χ3n) is 2.25. The van der Waals surface area contributed by atoms with Crippen LogP contribution in [0.2, 0.25) is 0 Å². The molecule has 0 heterocycles. The molecule has 1 aromatic carbocycles. The lowest BCUT2D eigenvalue weighted by Crippen LogP contribution is -2.48. The van der Waals surface area contributed by atoms with Crippen LogP contribution < -0.4 is 16.2 Å². The summed E-state index contributed by atoms with van der Waals surface area (Å²) >= 11 is 0. The van der Waals surface area contributed by atoms with Gasteiger partial charge in [0.05, 0.1) is 0 Å². The number of aryl methyl sites for hydroxylation is 1. The molecule has 0 saturated carbocycles. The number of nitrogens with one attached hydrogen (secondary N) is 3. The topological polar surface area (TPSA) is 79.5 Å². The van der Waals surface area contributed by atoms with Gasteiger partial charge in [0.1, 0.15) is 5.60 Å². The third-order valence-corrected chi connectivity index (χ3v) is 2.25. The van der Waals surface area contributed by atoms with Crippen LogP contribution >= 0.6 is 0 Å². The van der Waals surface area contributed by atoms with E-state index in [-0.39, 0.29) is 0 Å². The van der Waals surface area contributed by atoms with Crippen molar-refractivity contribution < 1.29 is 14.3 Å². The largest absolute Gasteiger partial charge is 0.443 e. The molecule has 0 fully saturated rings. The summed E-state index contributed by atoms with van der Waals surface area (Å²) in [5, 5.41) is 2.62. The molecule has 0 aliphatic carbocycles. The van der Waals surface area contributed by atoms with E-state index >= 15 is 0 Å². The van der Waals surface area contributed by atoms with Gasteiger partial charge in [0.15, 0.2) is 0 Å². The quantitative estimate of drug-likeness (QED) is 0.726. The monoisotopic (exact) mass is 279 g/mol. The summed E-state index contributed by atoms with van der Waals surface area (Å²) in [5.41, 5.74) is 5.90. The number of ether oxygens (including phenoxy) is 1. The molecule has 0 saturated heterocycles. The minimum Gasteiger partial charge on any atom is -0.443 e. The first-order valence-corrected chi connectivity index (χ1v) is 6.34. The van der Waals surface area contributed by atoms with Crippen LogP contribution in [0, 0.1) is 6.92 Å². The van der Waals surface area contributed by atoms with Crippen LogP contribution in [0.5, 0.6) is 0 Å². The average molecular weight is 279 g/mol. The van der Waals surface area contributed by atoms with Crippen molar-refractivity contribution in [2.45, 2.75) is 39.8 Å². The van der Waals surface area contributed by atoms with E-state index in [2.05, 4.69) is 16.2 Å². The third kappa shape index (κ3) is 6.63. The maximum absolute atomic E-state index is 11.5. The molecule has 0 spiro atoms. The summed E-state index contributed by atoms with van der Waals surface area (Å²) in [6.07, 6.45) is -0.706. The number of hydrogen-bond acceptors (Lipinski definition) is 3. The van der Waals surface area contributed by atoms with Crippen LogP contribution in [0.3, 0.4) is 0 Å². The molecular formula is C14H21N3O3. The van der Waals surface area contributed by atoms with Gasteiger partial charge in [-0.1, -0.05) is 29.8 Å². The van der Waals surface area contributed by atoms with Crippen LogP contribution in [-0.4, -0.2) is 17.7 Å². The summed E-state index contributed by atoms with van der Waals surface area (Å²) in [6.45, 7) is 7.59. The van der Waals surface area contributed by atoms with E-state index in [4.69, 9.17) is 4.74 Å². The fourth-order valence-electron chi connectivity index (χ4n) is 1.34. The Labute approximate surface area is 118 Å². The number of carbonyl (C=O) groups is 2. The van der Waals surface area contributed by atoms with E-state index in [1.165, 1.54) is 0 Å². The molecule has 0 aliphatic rings. The SMILES string of the molecule is Cc1ccc(CNC(=O)NNC(=O)OC(C)(C)C)cc1. The predicted octanol–water partition coefficient (Wildman–Crippen LogP) is 2.23. The highest BCUT2D eigenvalue weighted by Crippen LogP contribution is 2.05. The number of carbonyl (C=O) groups excluding carboxylic acids is 2. The molecule has 0 radical (unpaired) electrons. The zero-order valence-electron chi connectivity index (χ0n) is 12.2. The van der Waals surface area contributed by atoms with Gasteiger partial charge in [-0.25, -0.2) is 20.4 Å². The highest BCUT2D eigenvalue weighted by Gasteiger charge is 2.16. The zero-order valence-corrected chi connectivity index (χ0v) is 12.2. The van der Waals surface area contributed by atoms with Crippen LogP contribution in [0.4, 0.5) is 9.59 Å². The second-order valence-corrected chi connectivity index (χ2v) is 5.42. The Morgan fingerprint density at radius 2 is 1.70 bits per heavy atom. The molecule has 0 atom stereocenters. The Bertz CT molecular complexity index is 464. The molecule has 3 amide bonds. The summed E-state index contributed by atoms with van der Waals surface area (Å²) in [7, 11) is 0. The number of hydrazine groups is 1. The van der Waals surface area contributed by atoms with Crippen molar-refractivity contribution in [3.05, 3.63) is 35.4 Å². The maximum atomic E-state index is 11.5. The van der Waals surface area contributed by atoms with Crippen LogP contribution in [-0.2, 0) is 11.3 Å². The fraction of sp³-hybridized carbons (Fsp3) is 0.429. The Hall–Kier alpha value is -2.24. The second-order valence-electron chi connectivity index (χ2n) is 5.42. The summed E-state index contributed by atoms with van der Waals surface area (Å²) < 4.78 is 4.97. The van der Waals surface area contributed by atoms with E-state index in [0.717, 1.165) is 11.1 Å². The van der Waals surface area contributed by atoms with Gasteiger partial charge in [-0.15, -0.1) is 0 Å². The molecular weight excluding hydrogens is 258 g/mol. The molecule has 1 rings (SSSR count). The van der Waals surface area contributed by atoms with Gasteiger partial charge in [-0.3, -0.25) is 0 Å². The van der Waals surface area contributed by atoms with Crippen molar-refractivity contribution in [3.8, 4) is 0 Å². The summed E-state index contributed by atoms with van der Waals surface area (Å²) in [5.74, 6) is 0. The van der Waals surface area contributed by atoms with Gasteiger partial charge in [0.25, 0.3) is 0 Å². The van der Waals surface area contributed by atoms with Crippen molar-refractivity contribution in [2.75, 3.05) is 0 Å². The van der Waals surface area contributed by atoms with Crippen molar-refractivity contribution in [1.82, 2.24) is 16.2 Å².